The number of hydrogen-bond acceptors (Lipinski definition) is 3. The van der Waals surface area contributed by atoms with Gasteiger partial charge in [-0.25, -0.2) is 4.68 Å². The van der Waals surface area contributed by atoms with Gasteiger partial charge in [-0.15, -0.1) is 5.10 Å². The van der Waals surface area contributed by atoms with Crippen LogP contribution >= 0.6 is 0 Å². The minimum absolute atomic E-state index is 0.894. The van der Waals surface area contributed by atoms with Gasteiger partial charge in [-0.2, -0.15) is 0 Å². The van der Waals surface area contributed by atoms with Crippen LogP contribution in [-0.2, 0) is 6.42 Å². The molecule has 0 radical (unpaired) electrons. The Balaban J connectivity index is 2.02. The van der Waals surface area contributed by atoms with Crippen LogP contribution in [0.4, 0.5) is 0 Å². The fraction of sp³-hybridized carbons (Fsp3) is 0.235. The SMILES string of the molecule is CC/C=C\Cc1cc(-n2nnc3ccccc32)cnc1C. The van der Waals surface area contributed by atoms with Gasteiger partial charge < -0.3 is 0 Å². The summed E-state index contributed by atoms with van der Waals surface area (Å²) in [7, 11) is 0. The fourth-order valence-electron chi connectivity index (χ4n) is 2.33. The molecule has 0 aliphatic rings. The molecule has 3 aromatic rings. The molecule has 0 amide bonds. The lowest BCUT2D eigenvalue weighted by molar-refractivity contribution is 0.816. The van der Waals surface area contributed by atoms with E-state index in [0.29, 0.717) is 0 Å². The minimum Gasteiger partial charge on any atom is -0.259 e. The quantitative estimate of drug-likeness (QED) is 0.684. The van der Waals surface area contributed by atoms with Crippen molar-refractivity contribution in [3.8, 4) is 5.69 Å². The van der Waals surface area contributed by atoms with Crippen LogP contribution in [0, 0.1) is 6.92 Å². The van der Waals surface area contributed by atoms with E-state index >= 15 is 0 Å². The summed E-state index contributed by atoms with van der Waals surface area (Å²) in [5.41, 5.74) is 5.12. The van der Waals surface area contributed by atoms with E-state index in [1.165, 1.54) is 5.56 Å². The number of para-hydroxylation sites is 1. The molecule has 0 bridgehead atoms. The number of allylic oxidation sites excluding steroid dienone is 2. The molecule has 0 atom stereocenters. The molecule has 0 spiro atoms. The summed E-state index contributed by atoms with van der Waals surface area (Å²) in [6.07, 6.45) is 8.17. The van der Waals surface area contributed by atoms with E-state index in [4.69, 9.17) is 0 Å². The Kier molecular flexibility index (Phi) is 3.77. The number of benzene rings is 1. The third-order valence-corrected chi connectivity index (χ3v) is 3.51. The molecule has 106 valence electrons. The van der Waals surface area contributed by atoms with Gasteiger partial charge in [0.2, 0.25) is 0 Å². The molecule has 0 aliphatic carbocycles. The summed E-state index contributed by atoms with van der Waals surface area (Å²) in [4.78, 5) is 4.50. The van der Waals surface area contributed by atoms with Crippen LogP contribution in [-0.4, -0.2) is 20.0 Å². The Morgan fingerprint density at radius 2 is 2.05 bits per heavy atom. The number of pyridine rings is 1. The highest BCUT2D eigenvalue weighted by atomic mass is 15.4. The normalized spacial score (nSPS) is 11.5. The number of nitrogens with zero attached hydrogens (tertiary/aromatic N) is 4. The van der Waals surface area contributed by atoms with E-state index in [2.05, 4.69) is 40.4 Å². The molecule has 21 heavy (non-hydrogen) atoms. The molecule has 1 aromatic carbocycles. The summed E-state index contributed by atoms with van der Waals surface area (Å²) in [6.45, 7) is 4.18. The number of aryl methyl sites for hydroxylation is 1. The molecule has 0 fully saturated rings. The largest absolute Gasteiger partial charge is 0.259 e. The average Bonchev–Trinajstić information content (AvgIpc) is 2.93. The van der Waals surface area contributed by atoms with Gasteiger partial charge in [-0.3, -0.25) is 4.98 Å². The predicted molar refractivity (Wildman–Crippen MR) is 84.5 cm³/mol. The van der Waals surface area contributed by atoms with Crippen molar-refractivity contribution in [1.82, 2.24) is 20.0 Å². The molecule has 2 heterocycles. The average molecular weight is 278 g/mol. The topological polar surface area (TPSA) is 43.6 Å². The number of aromatic nitrogens is 4. The standard InChI is InChI=1S/C17H18N4/c1-3-4-5-8-14-11-15(12-18-13(14)2)21-17-10-7-6-9-16(17)19-20-21/h4-7,9-12H,3,8H2,1-2H3/b5-4-. The van der Waals surface area contributed by atoms with Crippen molar-refractivity contribution in [2.75, 3.05) is 0 Å². The van der Waals surface area contributed by atoms with Gasteiger partial charge in [0.15, 0.2) is 0 Å². The highest BCUT2D eigenvalue weighted by Crippen LogP contribution is 2.18. The molecule has 3 rings (SSSR count). The lowest BCUT2D eigenvalue weighted by Gasteiger charge is -2.07. The molecule has 4 heteroatoms. The van der Waals surface area contributed by atoms with Crippen LogP contribution < -0.4 is 0 Å². The number of rotatable bonds is 4. The molecular weight excluding hydrogens is 260 g/mol. The summed E-state index contributed by atoms with van der Waals surface area (Å²) >= 11 is 0. The zero-order chi connectivity index (χ0) is 14.7. The van der Waals surface area contributed by atoms with Crippen LogP contribution in [0.25, 0.3) is 16.7 Å². The molecule has 0 aliphatic heterocycles. The Morgan fingerprint density at radius 3 is 2.90 bits per heavy atom. The first-order valence-electron chi connectivity index (χ1n) is 7.21. The Morgan fingerprint density at radius 1 is 1.19 bits per heavy atom. The second-order valence-electron chi connectivity index (χ2n) is 5.01. The second kappa shape index (κ2) is 5.87. The monoisotopic (exact) mass is 278 g/mol. The maximum atomic E-state index is 4.50. The Hall–Kier alpha value is -2.49. The maximum Gasteiger partial charge on any atom is 0.113 e. The van der Waals surface area contributed by atoms with E-state index in [9.17, 15) is 0 Å². The van der Waals surface area contributed by atoms with Crippen LogP contribution in [0.5, 0.6) is 0 Å². The zero-order valence-corrected chi connectivity index (χ0v) is 12.3. The van der Waals surface area contributed by atoms with Gasteiger partial charge in [0, 0.05) is 5.69 Å². The predicted octanol–water partition coefficient (Wildman–Crippen LogP) is 3.63. The van der Waals surface area contributed by atoms with Gasteiger partial charge in [0.05, 0.1) is 17.4 Å². The third kappa shape index (κ3) is 2.70. The molecular formula is C17H18N4. The van der Waals surface area contributed by atoms with Crippen molar-refractivity contribution in [2.45, 2.75) is 26.7 Å². The van der Waals surface area contributed by atoms with Crippen molar-refractivity contribution < 1.29 is 0 Å². The maximum absolute atomic E-state index is 4.50. The summed E-state index contributed by atoms with van der Waals surface area (Å²) in [5.74, 6) is 0. The van der Waals surface area contributed by atoms with Gasteiger partial charge in [0.1, 0.15) is 5.52 Å². The summed E-state index contributed by atoms with van der Waals surface area (Å²) < 4.78 is 1.84. The zero-order valence-electron chi connectivity index (χ0n) is 12.3. The fourth-order valence-corrected chi connectivity index (χ4v) is 2.33. The molecule has 0 unspecified atom stereocenters. The van der Waals surface area contributed by atoms with Crippen LogP contribution in [0.2, 0.25) is 0 Å². The Labute approximate surface area is 124 Å². The van der Waals surface area contributed by atoms with Gasteiger partial charge >= 0.3 is 0 Å². The lowest BCUT2D eigenvalue weighted by atomic mass is 10.1. The number of hydrogen-bond donors (Lipinski definition) is 0. The van der Waals surface area contributed by atoms with E-state index in [1.807, 2.05) is 42.1 Å². The van der Waals surface area contributed by atoms with Crippen molar-refractivity contribution in [1.29, 1.82) is 0 Å². The van der Waals surface area contributed by atoms with Crippen molar-refractivity contribution in [3.05, 3.63) is 59.9 Å². The number of fused-ring (bicyclic) bond motifs is 1. The summed E-state index contributed by atoms with van der Waals surface area (Å²) in [5, 5.41) is 8.44. The first-order chi connectivity index (χ1) is 10.3. The van der Waals surface area contributed by atoms with Crippen LogP contribution in [0.1, 0.15) is 24.6 Å². The van der Waals surface area contributed by atoms with Gasteiger partial charge in [-0.1, -0.05) is 36.4 Å². The highest BCUT2D eigenvalue weighted by molar-refractivity contribution is 5.75. The van der Waals surface area contributed by atoms with Crippen molar-refractivity contribution in [3.63, 3.8) is 0 Å². The van der Waals surface area contributed by atoms with E-state index in [-0.39, 0.29) is 0 Å². The van der Waals surface area contributed by atoms with E-state index < -0.39 is 0 Å². The smallest absolute Gasteiger partial charge is 0.113 e. The van der Waals surface area contributed by atoms with E-state index in [1.54, 1.807) is 0 Å². The minimum atomic E-state index is 0.894. The second-order valence-corrected chi connectivity index (χ2v) is 5.01. The third-order valence-electron chi connectivity index (χ3n) is 3.51. The van der Waals surface area contributed by atoms with Crippen LogP contribution in [0.15, 0.2) is 48.7 Å². The molecule has 0 N–H and O–H groups in total. The van der Waals surface area contributed by atoms with Gasteiger partial charge in [0.25, 0.3) is 0 Å². The first-order valence-corrected chi connectivity index (χ1v) is 7.21. The van der Waals surface area contributed by atoms with Crippen molar-refractivity contribution in [2.24, 2.45) is 0 Å². The van der Waals surface area contributed by atoms with Crippen molar-refractivity contribution >= 4 is 11.0 Å². The molecule has 0 saturated heterocycles. The van der Waals surface area contributed by atoms with E-state index in [0.717, 1.165) is 35.3 Å². The van der Waals surface area contributed by atoms with Gasteiger partial charge in [-0.05, 0) is 43.5 Å². The molecule has 2 aromatic heterocycles. The Bertz CT molecular complexity index is 786. The highest BCUT2D eigenvalue weighted by Gasteiger charge is 2.08. The van der Waals surface area contributed by atoms with Crippen LogP contribution in [0.3, 0.4) is 0 Å². The summed E-state index contributed by atoms with van der Waals surface area (Å²) in [6, 6.07) is 10.1. The molecule has 0 saturated carbocycles. The molecule has 4 nitrogen and oxygen atoms in total. The lowest BCUT2D eigenvalue weighted by Crippen LogP contribution is -2.01. The first kappa shape index (κ1) is 13.5.